The lowest BCUT2D eigenvalue weighted by atomic mass is 10.1. The molecule has 3 rings (SSSR count). The third-order valence-electron chi connectivity index (χ3n) is 4.28. The van der Waals surface area contributed by atoms with E-state index in [2.05, 4.69) is 0 Å². The van der Waals surface area contributed by atoms with Crippen molar-refractivity contribution >= 4 is 11.0 Å². The van der Waals surface area contributed by atoms with E-state index >= 15 is 0 Å². The first-order valence-corrected chi connectivity index (χ1v) is 8.14. The van der Waals surface area contributed by atoms with E-state index in [9.17, 15) is 0 Å². The highest BCUT2D eigenvalue weighted by atomic mass is 16.5. The molecule has 7 heteroatoms. The van der Waals surface area contributed by atoms with Gasteiger partial charge in [0.25, 0.3) is 0 Å². The fourth-order valence-corrected chi connectivity index (χ4v) is 3.02. The fourth-order valence-electron chi connectivity index (χ4n) is 3.02. The number of benzene rings is 2. The molecule has 0 N–H and O–H groups in total. The first kappa shape index (κ1) is 18.6. The molecule has 1 heterocycles. The minimum absolute atomic E-state index is 0.504. The number of rotatable bonds is 7. The Kier molecular flexibility index (Phi) is 5.21. The Balaban J connectivity index is 2.24. The molecule has 0 spiro atoms. The maximum atomic E-state index is 6.04. The third-order valence-corrected chi connectivity index (χ3v) is 4.28. The molecule has 0 aliphatic carbocycles. The van der Waals surface area contributed by atoms with Gasteiger partial charge in [0.1, 0.15) is 11.3 Å². The van der Waals surface area contributed by atoms with Crippen LogP contribution < -0.4 is 28.4 Å². The summed E-state index contributed by atoms with van der Waals surface area (Å²) in [6.45, 7) is 0. The van der Waals surface area contributed by atoms with Crippen molar-refractivity contribution in [3.05, 3.63) is 24.3 Å². The summed E-state index contributed by atoms with van der Waals surface area (Å²) in [7, 11) is 9.39. The van der Waals surface area contributed by atoms with Gasteiger partial charge in [0.2, 0.25) is 11.5 Å². The van der Waals surface area contributed by atoms with Crippen LogP contribution in [0, 0.1) is 0 Å². The van der Waals surface area contributed by atoms with Crippen molar-refractivity contribution in [2.45, 2.75) is 0 Å². The average Bonchev–Trinajstić information content (AvgIpc) is 3.14. The Labute approximate surface area is 157 Å². The maximum Gasteiger partial charge on any atom is 0.204 e. The molecule has 144 valence electrons. The molecular weight excluding hydrogens is 352 g/mol. The summed E-state index contributed by atoms with van der Waals surface area (Å²) < 4.78 is 38.6. The number of fused-ring (bicyclic) bond motifs is 1. The summed E-state index contributed by atoms with van der Waals surface area (Å²) in [6, 6.07) is 7.27. The SMILES string of the molecule is COc1cc(-c2cc3c(OC)c(OC)c(OC)cc3o2)cc(OC)c1OC. The van der Waals surface area contributed by atoms with E-state index in [-0.39, 0.29) is 0 Å². The van der Waals surface area contributed by atoms with E-state index in [0.29, 0.717) is 45.8 Å². The Bertz CT molecular complexity index is 934. The molecule has 0 fully saturated rings. The third kappa shape index (κ3) is 3.05. The van der Waals surface area contributed by atoms with Gasteiger partial charge in [-0.15, -0.1) is 0 Å². The van der Waals surface area contributed by atoms with Crippen LogP contribution in [0.5, 0.6) is 34.5 Å². The average molecular weight is 374 g/mol. The summed E-state index contributed by atoms with van der Waals surface area (Å²) in [6.07, 6.45) is 0. The second kappa shape index (κ2) is 7.57. The van der Waals surface area contributed by atoms with Gasteiger partial charge in [0.15, 0.2) is 23.0 Å². The largest absolute Gasteiger partial charge is 0.493 e. The first-order chi connectivity index (χ1) is 13.1. The van der Waals surface area contributed by atoms with Gasteiger partial charge in [-0.2, -0.15) is 0 Å². The predicted molar refractivity (Wildman–Crippen MR) is 101 cm³/mol. The molecule has 0 saturated heterocycles. The van der Waals surface area contributed by atoms with Crippen LogP contribution in [-0.2, 0) is 0 Å². The van der Waals surface area contributed by atoms with Crippen molar-refractivity contribution in [2.75, 3.05) is 42.7 Å². The molecule has 7 nitrogen and oxygen atoms in total. The zero-order chi connectivity index (χ0) is 19.6. The molecule has 0 amide bonds. The number of methoxy groups -OCH3 is 6. The second-order valence-corrected chi connectivity index (χ2v) is 5.58. The van der Waals surface area contributed by atoms with Gasteiger partial charge >= 0.3 is 0 Å². The zero-order valence-corrected chi connectivity index (χ0v) is 16.2. The highest BCUT2D eigenvalue weighted by Crippen LogP contribution is 2.47. The van der Waals surface area contributed by atoms with Crippen LogP contribution in [0.2, 0.25) is 0 Å². The lowest BCUT2D eigenvalue weighted by Crippen LogP contribution is -1.95. The first-order valence-electron chi connectivity index (χ1n) is 8.14. The monoisotopic (exact) mass is 374 g/mol. The Hall–Kier alpha value is -3.22. The van der Waals surface area contributed by atoms with Gasteiger partial charge in [-0.05, 0) is 18.2 Å². The van der Waals surface area contributed by atoms with Crippen molar-refractivity contribution in [1.29, 1.82) is 0 Å². The Morgan fingerprint density at radius 1 is 0.556 bits per heavy atom. The second-order valence-electron chi connectivity index (χ2n) is 5.58. The molecule has 0 atom stereocenters. The fraction of sp³-hybridized carbons (Fsp3) is 0.300. The van der Waals surface area contributed by atoms with Crippen molar-refractivity contribution in [3.8, 4) is 45.8 Å². The molecule has 0 saturated carbocycles. The quantitative estimate of drug-likeness (QED) is 0.615. The molecule has 1 aromatic heterocycles. The van der Waals surface area contributed by atoms with Crippen molar-refractivity contribution in [3.63, 3.8) is 0 Å². The van der Waals surface area contributed by atoms with Crippen LogP contribution in [0.1, 0.15) is 0 Å². The van der Waals surface area contributed by atoms with Gasteiger partial charge in [-0.1, -0.05) is 0 Å². The van der Waals surface area contributed by atoms with Crippen LogP contribution in [0.3, 0.4) is 0 Å². The summed E-state index contributed by atoms with van der Waals surface area (Å²) in [5, 5.41) is 0.763. The Morgan fingerprint density at radius 3 is 1.56 bits per heavy atom. The number of hydrogen-bond donors (Lipinski definition) is 0. The highest BCUT2D eigenvalue weighted by Gasteiger charge is 2.21. The van der Waals surface area contributed by atoms with E-state index in [1.54, 1.807) is 48.7 Å². The molecule has 0 radical (unpaired) electrons. The summed E-state index contributed by atoms with van der Waals surface area (Å²) in [5.74, 6) is 3.76. The Morgan fingerprint density at radius 2 is 1.07 bits per heavy atom. The van der Waals surface area contributed by atoms with E-state index in [1.165, 1.54) is 0 Å². The van der Waals surface area contributed by atoms with E-state index in [0.717, 1.165) is 10.9 Å². The molecule has 3 aromatic rings. The van der Waals surface area contributed by atoms with E-state index < -0.39 is 0 Å². The topological polar surface area (TPSA) is 68.5 Å². The van der Waals surface area contributed by atoms with Gasteiger partial charge < -0.3 is 32.8 Å². The standard InChI is InChI=1S/C20H22O7/c1-21-15-7-11(8-16(22-2)19(15)25-5)13-9-12-14(27-13)10-17(23-3)20(26-6)18(12)24-4/h7-10H,1-6H3. The molecule has 2 aromatic carbocycles. The molecule has 0 aliphatic heterocycles. The number of furan rings is 1. The molecule has 0 bridgehead atoms. The van der Waals surface area contributed by atoms with Crippen molar-refractivity contribution in [2.24, 2.45) is 0 Å². The van der Waals surface area contributed by atoms with Crippen LogP contribution in [0.15, 0.2) is 28.7 Å². The van der Waals surface area contributed by atoms with Gasteiger partial charge in [0.05, 0.1) is 48.0 Å². The van der Waals surface area contributed by atoms with E-state index in [1.807, 2.05) is 18.2 Å². The van der Waals surface area contributed by atoms with E-state index in [4.69, 9.17) is 32.8 Å². The minimum atomic E-state index is 0.504. The lowest BCUT2D eigenvalue weighted by Gasteiger charge is -2.13. The predicted octanol–water partition coefficient (Wildman–Crippen LogP) is 4.15. The van der Waals surface area contributed by atoms with Gasteiger partial charge in [-0.25, -0.2) is 0 Å². The van der Waals surface area contributed by atoms with Gasteiger partial charge in [0, 0.05) is 11.6 Å². The minimum Gasteiger partial charge on any atom is -0.493 e. The van der Waals surface area contributed by atoms with Crippen molar-refractivity contribution < 1.29 is 32.8 Å². The summed E-state index contributed by atoms with van der Waals surface area (Å²) >= 11 is 0. The summed E-state index contributed by atoms with van der Waals surface area (Å²) in [5.41, 5.74) is 1.37. The lowest BCUT2D eigenvalue weighted by molar-refractivity contribution is 0.324. The van der Waals surface area contributed by atoms with Crippen LogP contribution in [0.25, 0.3) is 22.3 Å². The van der Waals surface area contributed by atoms with Crippen LogP contribution in [0.4, 0.5) is 0 Å². The summed E-state index contributed by atoms with van der Waals surface area (Å²) in [4.78, 5) is 0. The normalized spacial score (nSPS) is 10.6. The molecule has 0 unspecified atom stereocenters. The zero-order valence-electron chi connectivity index (χ0n) is 16.2. The number of ether oxygens (including phenoxy) is 6. The highest BCUT2D eigenvalue weighted by molar-refractivity contribution is 5.93. The van der Waals surface area contributed by atoms with Crippen LogP contribution in [-0.4, -0.2) is 42.7 Å². The molecular formula is C20H22O7. The van der Waals surface area contributed by atoms with Crippen LogP contribution >= 0.6 is 0 Å². The molecule has 0 aliphatic rings. The van der Waals surface area contributed by atoms with Crippen molar-refractivity contribution in [1.82, 2.24) is 0 Å². The smallest absolute Gasteiger partial charge is 0.204 e. The number of hydrogen-bond acceptors (Lipinski definition) is 7. The van der Waals surface area contributed by atoms with Gasteiger partial charge in [-0.3, -0.25) is 0 Å². The molecule has 27 heavy (non-hydrogen) atoms. The maximum absolute atomic E-state index is 6.04.